The molecular weight excluding hydrogens is 380 g/mol. The largest absolute Gasteiger partial charge is 0.339 e. The number of rotatable bonds is 4. The molecule has 31 heavy (non-hydrogen) atoms. The standard InChI is InChI=1S/C27H24N4/c1-18-9-4-6-12-23(18)29-27-26(22-15-14-21-11-8-16-28-24(21)17-22)20(3)30-31(27)25-13-7-5-10-19(25)2/h4-17,29H,1-3H3. The number of para-hydroxylation sites is 2. The molecule has 0 saturated carbocycles. The summed E-state index contributed by atoms with van der Waals surface area (Å²) in [6, 6.07) is 27.1. The highest BCUT2D eigenvalue weighted by Crippen LogP contribution is 2.37. The molecule has 0 amide bonds. The molecule has 2 aromatic heterocycles. The van der Waals surface area contributed by atoms with Crippen LogP contribution in [0.25, 0.3) is 27.7 Å². The Kier molecular flexibility index (Phi) is 4.75. The van der Waals surface area contributed by atoms with Gasteiger partial charge >= 0.3 is 0 Å². The van der Waals surface area contributed by atoms with Crippen molar-refractivity contribution in [1.29, 1.82) is 0 Å². The summed E-state index contributed by atoms with van der Waals surface area (Å²) < 4.78 is 2.02. The van der Waals surface area contributed by atoms with Gasteiger partial charge in [-0.2, -0.15) is 5.10 Å². The number of aromatic nitrogens is 3. The van der Waals surface area contributed by atoms with E-state index in [0.717, 1.165) is 44.9 Å². The van der Waals surface area contributed by atoms with Crippen molar-refractivity contribution in [3.8, 4) is 16.8 Å². The van der Waals surface area contributed by atoms with Gasteiger partial charge in [0.1, 0.15) is 5.82 Å². The van der Waals surface area contributed by atoms with Gasteiger partial charge in [-0.15, -0.1) is 0 Å². The summed E-state index contributed by atoms with van der Waals surface area (Å²) in [7, 11) is 0. The van der Waals surface area contributed by atoms with Gasteiger partial charge in [0.15, 0.2) is 0 Å². The Labute approximate surface area is 182 Å². The van der Waals surface area contributed by atoms with E-state index in [1.165, 1.54) is 11.1 Å². The lowest BCUT2D eigenvalue weighted by Crippen LogP contribution is -2.05. The number of anilines is 2. The van der Waals surface area contributed by atoms with Crippen molar-refractivity contribution >= 4 is 22.4 Å². The molecule has 2 heterocycles. The van der Waals surface area contributed by atoms with E-state index in [2.05, 4.69) is 104 Å². The maximum Gasteiger partial charge on any atom is 0.142 e. The zero-order chi connectivity index (χ0) is 21.4. The lowest BCUT2D eigenvalue weighted by atomic mass is 10.0. The van der Waals surface area contributed by atoms with Crippen molar-refractivity contribution in [2.45, 2.75) is 20.8 Å². The Bertz CT molecular complexity index is 1400. The first-order valence-electron chi connectivity index (χ1n) is 10.5. The van der Waals surface area contributed by atoms with Crippen LogP contribution in [-0.2, 0) is 0 Å². The smallest absolute Gasteiger partial charge is 0.142 e. The van der Waals surface area contributed by atoms with Gasteiger partial charge < -0.3 is 5.32 Å². The molecule has 5 rings (SSSR count). The zero-order valence-electron chi connectivity index (χ0n) is 17.9. The van der Waals surface area contributed by atoms with E-state index in [-0.39, 0.29) is 0 Å². The number of nitrogens with zero attached hydrogens (tertiary/aromatic N) is 3. The third-order valence-electron chi connectivity index (χ3n) is 5.70. The summed E-state index contributed by atoms with van der Waals surface area (Å²) in [4.78, 5) is 4.56. The monoisotopic (exact) mass is 404 g/mol. The van der Waals surface area contributed by atoms with Gasteiger partial charge in [-0.1, -0.05) is 54.6 Å². The quantitative estimate of drug-likeness (QED) is 0.360. The van der Waals surface area contributed by atoms with Crippen LogP contribution in [0.3, 0.4) is 0 Å². The van der Waals surface area contributed by atoms with Crippen LogP contribution in [0.1, 0.15) is 16.8 Å². The molecule has 0 spiro atoms. The van der Waals surface area contributed by atoms with E-state index >= 15 is 0 Å². The second kappa shape index (κ2) is 7.73. The lowest BCUT2D eigenvalue weighted by Gasteiger charge is -2.15. The van der Waals surface area contributed by atoms with Gasteiger partial charge in [-0.3, -0.25) is 4.98 Å². The highest BCUT2D eigenvalue weighted by atomic mass is 15.3. The van der Waals surface area contributed by atoms with Crippen molar-refractivity contribution in [3.05, 3.63) is 102 Å². The van der Waals surface area contributed by atoms with E-state index in [0.29, 0.717) is 0 Å². The van der Waals surface area contributed by atoms with Crippen molar-refractivity contribution < 1.29 is 0 Å². The van der Waals surface area contributed by atoms with Crippen LogP contribution in [0, 0.1) is 20.8 Å². The number of hydrogen-bond donors (Lipinski definition) is 1. The minimum absolute atomic E-state index is 0.955. The molecule has 0 radical (unpaired) electrons. The molecule has 0 aliphatic carbocycles. The first-order valence-corrected chi connectivity index (χ1v) is 10.5. The first kappa shape index (κ1) is 19.1. The molecule has 1 N–H and O–H groups in total. The summed E-state index contributed by atoms with van der Waals surface area (Å²) in [6.07, 6.45) is 1.84. The van der Waals surface area contributed by atoms with Crippen molar-refractivity contribution in [2.24, 2.45) is 0 Å². The van der Waals surface area contributed by atoms with E-state index in [4.69, 9.17) is 5.10 Å². The fraction of sp³-hybridized carbons (Fsp3) is 0.111. The molecule has 4 heteroatoms. The van der Waals surface area contributed by atoms with E-state index in [1.807, 2.05) is 16.9 Å². The molecule has 0 saturated heterocycles. The average Bonchev–Trinajstić information content (AvgIpc) is 3.11. The first-order chi connectivity index (χ1) is 15.1. The number of benzene rings is 3. The van der Waals surface area contributed by atoms with Gasteiger partial charge in [-0.25, -0.2) is 4.68 Å². The van der Waals surface area contributed by atoms with E-state index in [9.17, 15) is 0 Å². The van der Waals surface area contributed by atoms with Gasteiger partial charge in [-0.05, 0) is 61.7 Å². The maximum atomic E-state index is 4.96. The predicted molar refractivity (Wildman–Crippen MR) is 128 cm³/mol. The topological polar surface area (TPSA) is 42.7 Å². The molecule has 3 aromatic carbocycles. The van der Waals surface area contributed by atoms with Gasteiger partial charge in [0, 0.05) is 22.8 Å². The fourth-order valence-electron chi connectivity index (χ4n) is 4.03. The molecule has 0 bridgehead atoms. The molecule has 0 atom stereocenters. The van der Waals surface area contributed by atoms with Crippen molar-refractivity contribution in [1.82, 2.24) is 14.8 Å². The highest BCUT2D eigenvalue weighted by Gasteiger charge is 2.20. The molecule has 5 aromatic rings. The SMILES string of the molecule is Cc1ccccc1Nc1c(-c2ccc3cccnc3c2)c(C)nn1-c1ccccc1C. The van der Waals surface area contributed by atoms with Crippen LogP contribution in [0.15, 0.2) is 85.1 Å². The Morgan fingerprint density at radius 3 is 2.35 bits per heavy atom. The summed E-state index contributed by atoms with van der Waals surface area (Å²) in [5.41, 5.74) is 8.61. The minimum Gasteiger partial charge on any atom is -0.339 e. The Balaban J connectivity index is 1.75. The number of hydrogen-bond acceptors (Lipinski definition) is 3. The number of aryl methyl sites for hydroxylation is 3. The minimum atomic E-state index is 0.955. The number of fused-ring (bicyclic) bond motifs is 1. The second-order valence-electron chi connectivity index (χ2n) is 7.86. The van der Waals surface area contributed by atoms with Crippen molar-refractivity contribution in [3.63, 3.8) is 0 Å². The molecule has 0 aliphatic heterocycles. The van der Waals surface area contributed by atoms with Gasteiger partial charge in [0.05, 0.1) is 16.9 Å². The third kappa shape index (κ3) is 3.46. The normalized spacial score (nSPS) is 11.1. The van der Waals surface area contributed by atoms with Crippen LogP contribution in [-0.4, -0.2) is 14.8 Å². The van der Waals surface area contributed by atoms with Gasteiger partial charge in [0.2, 0.25) is 0 Å². The van der Waals surface area contributed by atoms with Crippen LogP contribution in [0.4, 0.5) is 11.5 Å². The molecule has 152 valence electrons. The van der Waals surface area contributed by atoms with Crippen LogP contribution >= 0.6 is 0 Å². The van der Waals surface area contributed by atoms with E-state index < -0.39 is 0 Å². The third-order valence-corrected chi connectivity index (χ3v) is 5.70. The maximum absolute atomic E-state index is 4.96. The average molecular weight is 405 g/mol. The summed E-state index contributed by atoms with van der Waals surface area (Å²) in [5.74, 6) is 0.955. The molecular formula is C27H24N4. The Hall–Kier alpha value is -3.92. The Morgan fingerprint density at radius 2 is 1.55 bits per heavy atom. The zero-order valence-corrected chi connectivity index (χ0v) is 17.9. The predicted octanol–water partition coefficient (Wildman–Crippen LogP) is 6.76. The molecule has 0 aliphatic rings. The lowest BCUT2D eigenvalue weighted by molar-refractivity contribution is 0.862. The molecule has 0 fully saturated rings. The fourth-order valence-corrected chi connectivity index (χ4v) is 4.03. The van der Waals surface area contributed by atoms with Crippen molar-refractivity contribution in [2.75, 3.05) is 5.32 Å². The highest BCUT2D eigenvalue weighted by molar-refractivity contribution is 5.89. The number of nitrogens with one attached hydrogen (secondary N) is 1. The summed E-state index contributed by atoms with van der Waals surface area (Å²) in [6.45, 7) is 6.29. The summed E-state index contributed by atoms with van der Waals surface area (Å²) in [5, 5.41) is 9.77. The molecule has 4 nitrogen and oxygen atoms in total. The van der Waals surface area contributed by atoms with E-state index in [1.54, 1.807) is 0 Å². The summed E-state index contributed by atoms with van der Waals surface area (Å²) >= 11 is 0. The molecule has 0 unspecified atom stereocenters. The second-order valence-corrected chi connectivity index (χ2v) is 7.86. The van der Waals surface area contributed by atoms with Crippen LogP contribution in [0.5, 0.6) is 0 Å². The van der Waals surface area contributed by atoms with Crippen LogP contribution < -0.4 is 5.32 Å². The van der Waals surface area contributed by atoms with Crippen LogP contribution in [0.2, 0.25) is 0 Å². The Morgan fingerprint density at radius 1 is 0.774 bits per heavy atom. The van der Waals surface area contributed by atoms with Gasteiger partial charge in [0.25, 0.3) is 0 Å². The number of pyridine rings is 1.